The third-order valence-electron chi connectivity index (χ3n) is 1.91. The molecule has 1 rings (SSSR count). The summed E-state index contributed by atoms with van der Waals surface area (Å²) >= 11 is 0. The smallest absolute Gasteiger partial charge is 0.276 e. The molecule has 0 atom stereocenters. The van der Waals surface area contributed by atoms with Crippen molar-refractivity contribution < 1.29 is 4.92 Å². The molecular weight excluding hydrogens is 192 g/mol. The van der Waals surface area contributed by atoms with Crippen LogP contribution in [0.15, 0.2) is 47.9 Å². The van der Waals surface area contributed by atoms with Crippen molar-refractivity contribution >= 4 is 0 Å². The first-order valence-electron chi connectivity index (χ1n) is 4.67. The lowest BCUT2D eigenvalue weighted by Gasteiger charge is -2.04. The van der Waals surface area contributed by atoms with Crippen LogP contribution >= 0.6 is 0 Å². The zero-order valence-electron chi connectivity index (χ0n) is 8.88. The van der Waals surface area contributed by atoms with Gasteiger partial charge in [0.05, 0.1) is 10.5 Å². The Morgan fingerprint density at radius 1 is 1.53 bits per heavy atom. The maximum absolute atomic E-state index is 10.8. The van der Waals surface area contributed by atoms with E-state index in [4.69, 9.17) is 0 Å². The summed E-state index contributed by atoms with van der Waals surface area (Å²) in [7, 11) is 3.75. The summed E-state index contributed by atoms with van der Waals surface area (Å²) in [5.74, 6) is 0. The van der Waals surface area contributed by atoms with Crippen molar-refractivity contribution in [2.24, 2.45) is 0 Å². The van der Waals surface area contributed by atoms with Crippen LogP contribution in [-0.4, -0.2) is 23.9 Å². The Bertz CT molecular complexity index is 363. The fourth-order valence-corrected chi connectivity index (χ4v) is 1.18. The minimum atomic E-state index is -0.360. The van der Waals surface area contributed by atoms with Crippen LogP contribution in [0.5, 0.6) is 0 Å². The molecule has 0 saturated heterocycles. The van der Waals surface area contributed by atoms with Crippen molar-refractivity contribution in [3.8, 4) is 0 Å². The molecule has 0 aromatic rings. The molecule has 0 unspecified atom stereocenters. The first-order chi connectivity index (χ1) is 7.11. The highest BCUT2D eigenvalue weighted by Crippen LogP contribution is 2.16. The molecule has 4 heteroatoms. The fraction of sp³-hybridized carbons (Fsp3) is 0.273. The van der Waals surface area contributed by atoms with Crippen LogP contribution in [0.25, 0.3) is 0 Å². The van der Waals surface area contributed by atoms with Crippen molar-refractivity contribution in [1.29, 1.82) is 0 Å². The molecule has 1 aliphatic carbocycles. The van der Waals surface area contributed by atoms with E-state index in [-0.39, 0.29) is 10.6 Å². The number of nitrogens with zero attached hydrogens (tertiary/aromatic N) is 2. The van der Waals surface area contributed by atoms with E-state index >= 15 is 0 Å². The zero-order valence-corrected chi connectivity index (χ0v) is 8.88. The van der Waals surface area contributed by atoms with Gasteiger partial charge in [-0.15, -0.1) is 0 Å². The first-order valence-corrected chi connectivity index (χ1v) is 4.67. The molecule has 0 heterocycles. The van der Waals surface area contributed by atoms with Crippen LogP contribution in [-0.2, 0) is 0 Å². The molecule has 80 valence electrons. The molecule has 0 amide bonds. The molecule has 0 aromatic heterocycles. The van der Waals surface area contributed by atoms with Gasteiger partial charge in [-0.05, 0) is 18.7 Å². The van der Waals surface area contributed by atoms with Crippen molar-refractivity contribution in [2.75, 3.05) is 14.1 Å². The summed E-state index contributed by atoms with van der Waals surface area (Å²) in [6.45, 7) is 0. The normalized spacial score (nSPS) is 15.9. The molecule has 0 fully saturated rings. The molecule has 15 heavy (non-hydrogen) atoms. The SMILES string of the molecule is CN(C)/C=C/C1=CCC=CC=C1[N+](=O)[O-]. The zero-order chi connectivity index (χ0) is 11.3. The maximum atomic E-state index is 10.8. The fourth-order valence-electron chi connectivity index (χ4n) is 1.18. The molecule has 0 radical (unpaired) electrons. The Morgan fingerprint density at radius 2 is 2.27 bits per heavy atom. The van der Waals surface area contributed by atoms with E-state index in [1.807, 2.05) is 31.1 Å². The predicted octanol–water partition coefficient (Wildman–Crippen LogP) is 2.11. The second-order valence-corrected chi connectivity index (χ2v) is 3.41. The summed E-state index contributed by atoms with van der Waals surface area (Å²) in [6, 6.07) is 0. The Hall–Kier alpha value is -1.84. The van der Waals surface area contributed by atoms with Crippen molar-refractivity contribution in [3.05, 3.63) is 58.0 Å². The first kappa shape index (κ1) is 11.2. The van der Waals surface area contributed by atoms with Gasteiger partial charge < -0.3 is 4.90 Å². The standard InChI is InChI=1S/C11H14N2O2/c1-12(2)9-8-10-6-4-3-5-7-11(10)13(14)15/h3,5-9H,4H2,1-2H3/b9-8+. The van der Waals surface area contributed by atoms with Crippen LogP contribution in [0.4, 0.5) is 0 Å². The summed E-state index contributed by atoms with van der Waals surface area (Å²) < 4.78 is 0. The second-order valence-electron chi connectivity index (χ2n) is 3.41. The quantitative estimate of drug-likeness (QED) is 0.524. The van der Waals surface area contributed by atoms with Gasteiger partial charge in [0.1, 0.15) is 0 Å². The van der Waals surface area contributed by atoms with Gasteiger partial charge in [0.25, 0.3) is 5.70 Å². The topological polar surface area (TPSA) is 46.4 Å². The van der Waals surface area contributed by atoms with Gasteiger partial charge in [-0.1, -0.05) is 18.2 Å². The second kappa shape index (κ2) is 5.14. The summed E-state index contributed by atoms with van der Waals surface area (Å²) in [5.41, 5.74) is 0.792. The van der Waals surface area contributed by atoms with E-state index in [1.54, 1.807) is 18.4 Å². The van der Waals surface area contributed by atoms with Crippen LogP contribution in [0.3, 0.4) is 0 Å². The van der Waals surface area contributed by atoms with Gasteiger partial charge >= 0.3 is 0 Å². The van der Waals surface area contributed by atoms with Crippen molar-refractivity contribution in [3.63, 3.8) is 0 Å². The van der Waals surface area contributed by atoms with E-state index in [9.17, 15) is 10.1 Å². The molecule has 4 nitrogen and oxygen atoms in total. The largest absolute Gasteiger partial charge is 0.383 e. The highest BCUT2D eigenvalue weighted by Gasteiger charge is 2.14. The highest BCUT2D eigenvalue weighted by molar-refractivity contribution is 5.39. The van der Waals surface area contributed by atoms with Crippen molar-refractivity contribution in [1.82, 2.24) is 4.90 Å². The van der Waals surface area contributed by atoms with Crippen LogP contribution in [0.2, 0.25) is 0 Å². The number of rotatable bonds is 3. The lowest BCUT2D eigenvalue weighted by molar-refractivity contribution is -0.420. The molecule has 1 aliphatic rings. The van der Waals surface area contributed by atoms with Crippen LogP contribution in [0, 0.1) is 10.1 Å². The van der Waals surface area contributed by atoms with Gasteiger partial charge in [0, 0.05) is 20.2 Å². The predicted molar refractivity (Wildman–Crippen MR) is 59.7 cm³/mol. The van der Waals surface area contributed by atoms with E-state index in [2.05, 4.69) is 0 Å². The van der Waals surface area contributed by atoms with E-state index in [0.717, 1.165) is 6.42 Å². The maximum Gasteiger partial charge on any atom is 0.276 e. The van der Waals surface area contributed by atoms with Gasteiger partial charge in [0.2, 0.25) is 0 Å². The summed E-state index contributed by atoms with van der Waals surface area (Å²) in [6.07, 6.45) is 11.2. The Kier molecular flexibility index (Phi) is 3.85. The molecule has 0 spiro atoms. The average Bonchev–Trinajstić information content (AvgIpc) is 2.39. The van der Waals surface area contributed by atoms with Crippen molar-refractivity contribution in [2.45, 2.75) is 6.42 Å². The Balaban J connectivity index is 2.94. The third-order valence-corrected chi connectivity index (χ3v) is 1.91. The average molecular weight is 206 g/mol. The Labute approximate surface area is 89.0 Å². The lowest BCUT2D eigenvalue weighted by Crippen LogP contribution is -2.03. The lowest BCUT2D eigenvalue weighted by atomic mass is 10.1. The van der Waals surface area contributed by atoms with Gasteiger partial charge in [-0.25, -0.2) is 0 Å². The van der Waals surface area contributed by atoms with Crippen LogP contribution in [0.1, 0.15) is 6.42 Å². The third kappa shape index (κ3) is 3.42. The van der Waals surface area contributed by atoms with E-state index < -0.39 is 0 Å². The van der Waals surface area contributed by atoms with Gasteiger partial charge in [0.15, 0.2) is 0 Å². The van der Waals surface area contributed by atoms with Gasteiger partial charge in [-0.3, -0.25) is 10.1 Å². The van der Waals surface area contributed by atoms with Gasteiger partial charge in [-0.2, -0.15) is 0 Å². The number of nitro groups is 1. The molecule has 0 aliphatic heterocycles. The number of hydrogen-bond acceptors (Lipinski definition) is 3. The molecule has 0 bridgehead atoms. The minimum absolute atomic E-state index is 0.141. The number of hydrogen-bond donors (Lipinski definition) is 0. The summed E-state index contributed by atoms with van der Waals surface area (Å²) in [4.78, 5) is 12.3. The molecule has 0 saturated carbocycles. The monoisotopic (exact) mass is 206 g/mol. The minimum Gasteiger partial charge on any atom is -0.383 e. The highest BCUT2D eigenvalue weighted by atomic mass is 16.6. The van der Waals surface area contributed by atoms with Crippen LogP contribution < -0.4 is 0 Å². The van der Waals surface area contributed by atoms with E-state index in [1.165, 1.54) is 6.08 Å². The summed E-state index contributed by atoms with van der Waals surface area (Å²) in [5, 5.41) is 10.8. The Morgan fingerprint density at radius 3 is 2.87 bits per heavy atom. The number of allylic oxidation sites excluding steroid dienone is 5. The molecule has 0 aromatic carbocycles. The molecular formula is C11H14N2O2. The van der Waals surface area contributed by atoms with E-state index in [0.29, 0.717) is 5.57 Å². The molecule has 0 N–H and O–H groups in total.